The van der Waals surface area contributed by atoms with Gasteiger partial charge in [0.25, 0.3) is 0 Å². The van der Waals surface area contributed by atoms with Crippen LogP contribution in [0.15, 0.2) is 0 Å². The number of hydrogen-bond donors (Lipinski definition) is 1. The van der Waals surface area contributed by atoms with Gasteiger partial charge in [-0.05, 0) is 6.92 Å². The maximum absolute atomic E-state index is 7.57. The molecule has 0 aliphatic rings. The van der Waals surface area contributed by atoms with E-state index in [-0.39, 0.29) is 6.61 Å². The molecule has 1 nitrogen and oxygen atoms in total. The monoisotopic (exact) mass is 203 g/mol. The first kappa shape index (κ1) is 11.2. The van der Waals surface area contributed by atoms with E-state index in [2.05, 4.69) is 0 Å². The van der Waals surface area contributed by atoms with E-state index in [0.717, 1.165) is 0 Å². The van der Waals surface area contributed by atoms with Crippen LogP contribution in [0.2, 0.25) is 0 Å². The maximum atomic E-state index is 7.57. The van der Waals surface area contributed by atoms with Gasteiger partial charge >= 0.3 is 41.5 Å². The molecule has 0 aromatic carbocycles. The van der Waals surface area contributed by atoms with E-state index in [1.54, 1.807) is 6.92 Å². The second kappa shape index (κ2) is 10.4. The Kier molecular flexibility index (Phi) is 16.6. The third-order valence-electron chi connectivity index (χ3n) is 0. The number of rotatable bonds is 0. The van der Waals surface area contributed by atoms with Crippen LogP contribution in [0.5, 0.6) is 0 Å². The Hall–Kier alpha value is 1.36. The fraction of sp³-hybridized carbons (Fsp3) is 1.00. The summed E-state index contributed by atoms with van der Waals surface area (Å²) in [4.78, 5) is 0. The zero-order valence-electron chi connectivity index (χ0n) is 3.70. The van der Waals surface area contributed by atoms with Crippen molar-refractivity contribution in [3.05, 3.63) is 0 Å². The van der Waals surface area contributed by atoms with Crippen molar-refractivity contribution in [2.45, 2.75) is 6.92 Å². The first-order valence-corrected chi connectivity index (χ1v) is 6.75. The van der Waals surface area contributed by atoms with Crippen molar-refractivity contribution >= 4 is 30.1 Å². The number of halogens is 3. The minimum atomic E-state index is -1.62. The molecule has 0 fully saturated rings. The van der Waals surface area contributed by atoms with Gasteiger partial charge in [0, 0.05) is 6.61 Å². The van der Waals surface area contributed by atoms with Crippen LogP contribution >= 0.6 is 30.1 Å². The quantitative estimate of drug-likeness (QED) is 0.640. The van der Waals surface area contributed by atoms with Gasteiger partial charge < -0.3 is 5.11 Å². The summed E-state index contributed by atoms with van der Waals surface area (Å²) in [5.74, 6) is 0. The molecular weight excluding hydrogens is 198 g/mol. The molecule has 0 bridgehead atoms. The molecule has 0 aromatic rings. The number of hydrogen-bond acceptors (Lipinski definition) is 1. The third kappa shape index (κ3) is 114. The molecule has 0 saturated heterocycles. The summed E-state index contributed by atoms with van der Waals surface area (Å²) in [7, 11) is 14.8. The van der Waals surface area contributed by atoms with Gasteiger partial charge in [0.05, 0.1) is 0 Å². The average Bonchev–Trinajstić information content (AvgIpc) is 1.33. The van der Waals surface area contributed by atoms with Crippen molar-refractivity contribution in [3.63, 3.8) is 0 Å². The molecule has 7 heavy (non-hydrogen) atoms. The molecular formula is C2H6Cl3CrO. The Morgan fingerprint density at radius 2 is 1.43 bits per heavy atom. The fourth-order valence-electron chi connectivity index (χ4n) is 0. The summed E-state index contributed by atoms with van der Waals surface area (Å²) in [6, 6.07) is 0. The molecule has 0 radical (unpaired) electrons. The molecule has 0 spiro atoms. The van der Waals surface area contributed by atoms with E-state index >= 15 is 0 Å². The van der Waals surface area contributed by atoms with Crippen LogP contribution in [0, 0.1) is 0 Å². The molecule has 0 aliphatic heterocycles. The van der Waals surface area contributed by atoms with Gasteiger partial charge in [-0.15, -0.1) is 0 Å². The molecule has 0 unspecified atom stereocenters. The van der Waals surface area contributed by atoms with Crippen molar-refractivity contribution in [1.29, 1.82) is 0 Å². The van der Waals surface area contributed by atoms with Crippen LogP contribution in [0.25, 0.3) is 0 Å². The van der Waals surface area contributed by atoms with Crippen molar-refractivity contribution in [1.82, 2.24) is 0 Å². The summed E-state index contributed by atoms with van der Waals surface area (Å²) in [5.41, 5.74) is 0. The van der Waals surface area contributed by atoms with E-state index < -0.39 is 11.4 Å². The van der Waals surface area contributed by atoms with E-state index in [0.29, 0.717) is 0 Å². The fourth-order valence-corrected chi connectivity index (χ4v) is 0. The van der Waals surface area contributed by atoms with Crippen LogP contribution in [0.3, 0.4) is 0 Å². The second-order valence-electron chi connectivity index (χ2n) is 0.491. The summed E-state index contributed by atoms with van der Waals surface area (Å²) < 4.78 is 0. The van der Waals surface area contributed by atoms with Crippen LogP contribution in [-0.2, 0) is 11.4 Å². The Bertz CT molecular complexity index is 24.1. The van der Waals surface area contributed by atoms with Crippen molar-refractivity contribution in [2.24, 2.45) is 0 Å². The minimum absolute atomic E-state index is 0.250. The molecule has 5 heteroatoms. The topological polar surface area (TPSA) is 20.2 Å². The molecule has 0 aliphatic carbocycles. The van der Waals surface area contributed by atoms with Crippen LogP contribution in [0.1, 0.15) is 6.92 Å². The van der Waals surface area contributed by atoms with Gasteiger partial charge in [0.15, 0.2) is 0 Å². The summed E-state index contributed by atoms with van der Waals surface area (Å²) in [6.45, 7) is 1.93. The summed E-state index contributed by atoms with van der Waals surface area (Å²) in [6.07, 6.45) is 0. The molecule has 0 atom stereocenters. The first-order chi connectivity index (χ1) is 3.15. The Morgan fingerprint density at radius 3 is 1.43 bits per heavy atom. The van der Waals surface area contributed by atoms with Gasteiger partial charge in [0.1, 0.15) is 0 Å². The molecule has 0 saturated carbocycles. The van der Waals surface area contributed by atoms with Gasteiger partial charge in [0.2, 0.25) is 0 Å². The zero-order valence-corrected chi connectivity index (χ0v) is 7.24. The molecule has 0 aromatic heterocycles. The van der Waals surface area contributed by atoms with Crippen molar-refractivity contribution in [3.8, 4) is 0 Å². The summed E-state index contributed by atoms with van der Waals surface area (Å²) in [5, 5.41) is 7.57. The Labute approximate surface area is 60.2 Å². The molecule has 0 amide bonds. The SMILES string of the molecule is CCO.[Cl][Cr]([Cl])[Cl]. The van der Waals surface area contributed by atoms with E-state index in [1.807, 2.05) is 0 Å². The van der Waals surface area contributed by atoms with Crippen molar-refractivity contribution < 1.29 is 16.5 Å². The van der Waals surface area contributed by atoms with Crippen molar-refractivity contribution in [2.75, 3.05) is 6.61 Å². The van der Waals surface area contributed by atoms with Crippen LogP contribution < -0.4 is 0 Å². The third-order valence-corrected chi connectivity index (χ3v) is 0. The second-order valence-corrected chi connectivity index (χ2v) is 6.81. The molecule has 1 N–H and O–H groups in total. The first-order valence-electron chi connectivity index (χ1n) is 1.49. The van der Waals surface area contributed by atoms with Crippen LogP contribution in [0.4, 0.5) is 0 Å². The Morgan fingerprint density at radius 1 is 1.43 bits per heavy atom. The van der Waals surface area contributed by atoms with Gasteiger partial charge in [-0.25, -0.2) is 0 Å². The zero-order chi connectivity index (χ0) is 6.28. The standard InChI is InChI=1S/C2H6O.3ClH.Cr/c1-2-3;;;;/h3H,2H2,1H3;3*1H;/q;;;;+3/p-3. The predicted molar refractivity (Wildman–Crippen MR) is 30.3 cm³/mol. The predicted octanol–water partition coefficient (Wildman–Crippen LogP) is 2.06. The number of aliphatic hydroxyl groups is 1. The average molecular weight is 204 g/mol. The van der Waals surface area contributed by atoms with E-state index in [1.165, 1.54) is 0 Å². The van der Waals surface area contributed by atoms with Crippen LogP contribution in [-0.4, -0.2) is 11.7 Å². The van der Waals surface area contributed by atoms with Gasteiger partial charge in [-0.3, -0.25) is 0 Å². The van der Waals surface area contributed by atoms with Gasteiger partial charge in [-0.2, -0.15) is 0 Å². The molecule has 0 rings (SSSR count). The Balaban J connectivity index is 0. The summed E-state index contributed by atoms with van der Waals surface area (Å²) >= 11 is -1.62. The van der Waals surface area contributed by atoms with E-state index in [4.69, 9.17) is 35.3 Å². The van der Waals surface area contributed by atoms with E-state index in [9.17, 15) is 0 Å². The normalized spacial score (nSPS) is 7.71. The number of aliphatic hydroxyl groups excluding tert-OH is 1. The van der Waals surface area contributed by atoms with Gasteiger partial charge in [-0.1, -0.05) is 0 Å². The molecule has 0 heterocycles. The molecule has 47 valence electrons.